The van der Waals surface area contributed by atoms with Crippen molar-refractivity contribution in [1.82, 2.24) is 10.2 Å². The molecule has 1 heterocycles. The molecular weight excluding hydrogens is 364 g/mol. The van der Waals surface area contributed by atoms with Crippen molar-refractivity contribution in [3.05, 3.63) is 54.1 Å². The zero-order chi connectivity index (χ0) is 20.5. The maximum Gasteiger partial charge on any atom is 0.319 e. The number of hydrogen-bond acceptors (Lipinski definition) is 4. The summed E-state index contributed by atoms with van der Waals surface area (Å²) in [4.78, 5) is 17.1. The van der Waals surface area contributed by atoms with Gasteiger partial charge in [-0.3, -0.25) is 4.90 Å². The van der Waals surface area contributed by atoms with Gasteiger partial charge in [0.15, 0.2) is 0 Å². The van der Waals surface area contributed by atoms with Gasteiger partial charge in [0.2, 0.25) is 0 Å². The van der Waals surface area contributed by atoms with Gasteiger partial charge in [-0.15, -0.1) is 0 Å². The molecule has 0 aromatic heterocycles. The fraction of sp³-hybridized carbons (Fsp3) is 0.435. The van der Waals surface area contributed by atoms with E-state index in [0.717, 1.165) is 49.6 Å². The van der Waals surface area contributed by atoms with Crippen molar-refractivity contribution < 1.29 is 9.53 Å². The van der Waals surface area contributed by atoms with Crippen molar-refractivity contribution in [2.45, 2.75) is 19.8 Å². The third-order valence-electron chi connectivity index (χ3n) is 5.27. The monoisotopic (exact) mass is 396 g/mol. The van der Waals surface area contributed by atoms with E-state index in [1.807, 2.05) is 36.4 Å². The molecule has 0 spiro atoms. The smallest absolute Gasteiger partial charge is 0.319 e. The first-order valence-electron chi connectivity index (χ1n) is 10.4. The van der Waals surface area contributed by atoms with Gasteiger partial charge in [0, 0.05) is 44.1 Å². The topological polar surface area (TPSA) is 56.8 Å². The molecule has 2 N–H and O–H groups in total. The number of methoxy groups -OCH3 is 1. The van der Waals surface area contributed by atoms with E-state index in [1.54, 1.807) is 7.11 Å². The summed E-state index contributed by atoms with van der Waals surface area (Å²) in [7, 11) is 1.66. The Hall–Kier alpha value is -2.73. The van der Waals surface area contributed by atoms with Gasteiger partial charge in [-0.1, -0.05) is 25.1 Å². The van der Waals surface area contributed by atoms with Crippen LogP contribution in [0.5, 0.6) is 5.75 Å². The van der Waals surface area contributed by atoms with Crippen molar-refractivity contribution >= 4 is 17.4 Å². The van der Waals surface area contributed by atoms with Crippen molar-refractivity contribution in [2.75, 3.05) is 56.6 Å². The number of amides is 2. The predicted molar refractivity (Wildman–Crippen MR) is 119 cm³/mol. The Labute approximate surface area is 173 Å². The van der Waals surface area contributed by atoms with Crippen molar-refractivity contribution in [3.63, 3.8) is 0 Å². The molecule has 1 aliphatic heterocycles. The summed E-state index contributed by atoms with van der Waals surface area (Å²) < 4.78 is 5.34. The molecule has 156 valence electrons. The predicted octanol–water partition coefficient (Wildman–Crippen LogP) is 3.59. The first-order chi connectivity index (χ1) is 14.2. The Morgan fingerprint density at radius 3 is 2.45 bits per heavy atom. The van der Waals surface area contributed by atoms with Gasteiger partial charge >= 0.3 is 6.03 Å². The highest BCUT2D eigenvalue weighted by atomic mass is 16.5. The fourth-order valence-corrected chi connectivity index (χ4v) is 3.70. The van der Waals surface area contributed by atoms with Gasteiger partial charge in [-0.2, -0.15) is 0 Å². The number of nitrogens with zero attached hydrogens (tertiary/aromatic N) is 2. The molecule has 0 aliphatic carbocycles. The van der Waals surface area contributed by atoms with Crippen LogP contribution in [0.2, 0.25) is 0 Å². The Bertz CT molecular complexity index is 771. The summed E-state index contributed by atoms with van der Waals surface area (Å²) in [6, 6.07) is 15.8. The maximum atomic E-state index is 12.2. The summed E-state index contributed by atoms with van der Waals surface area (Å²) in [6.45, 7) is 8.29. The van der Waals surface area contributed by atoms with Crippen LogP contribution in [0.4, 0.5) is 16.2 Å². The number of benzene rings is 2. The molecule has 1 saturated heterocycles. The normalized spacial score (nSPS) is 14.5. The maximum absolute atomic E-state index is 12.2. The Morgan fingerprint density at radius 1 is 1.03 bits per heavy atom. The highest BCUT2D eigenvalue weighted by molar-refractivity contribution is 5.89. The van der Waals surface area contributed by atoms with Crippen LogP contribution in [0, 0.1) is 0 Å². The van der Waals surface area contributed by atoms with Crippen molar-refractivity contribution in [1.29, 1.82) is 0 Å². The summed E-state index contributed by atoms with van der Waals surface area (Å²) >= 11 is 0. The molecule has 3 rings (SSSR count). The van der Waals surface area contributed by atoms with Crippen molar-refractivity contribution in [2.24, 2.45) is 0 Å². The van der Waals surface area contributed by atoms with Gasteiger partial charge in [-0.25, -0.2) is 4.79 Å². The van der Waals surface area contributed by atoms with E-state index in [4.69, 9.17) is 4.74 Å². The van der Waals surface area contributed by atoms with E-state index in [9.17, 15) is 4.79 Å². The molecule has 29 heavy (non-hydrogen) atoms. The lowest BCUT2D eigenvalue weighted by Gasteiger charge is -2.36. The quantitative estimate of drug-likeness (QED) is 0.716. The number of anilines is 2. The molecule has 0 atom stereocenters. The third-order valence-corrected chi connectivity index (χ3v) is 5.27. The second kappa shape index (κ2) is 10.7. The SMILES string of the molecule is CCCN1CCN(c2ccc(NC(=O)NCCc3ccccc3OC)cc2)CC1. The zero-order valence-electron chi connectivity index (χ0n) is 17.5. The van der Waals surface area contributed by atoms with Gasteiger partial charge in [0.1, 0.15) is 5.75 Å². The van der Waals surface area contributed by atoms with Crippen LogP contribution in [0.15, 0.2) is 48.5 Å². The molecule has 2 aromatic rings. The van der Waals surface area contributed by atoms with E-state index >= 15 is 0 Å². The largest absolute Gasteiger partial charge is 0.496 e. The second-order valence-corrected chi connectivity index (χ2v) is 7.32. The molecule has 1 fully saturated rings. The average molecular weight is 397 g/mol. The Balaban J connectivity index is 1.43. The molecule has 0 unspecified atom stereocenters. The number of rotatable bonds is 8. The first kappa shape index (κ1) is 21.0. The van der Waals surface area contributed by atoms with Crippen LogP contribution >= 0.6 is 0 Å². The van der Waals surface area contributed by atoms with E-state index in [-0.39, 0.29) is 6.03 Å². The number of para-hydroxylation sites is 1. The van der Waals surface area contributed by atoms with Crippen LogP contribution in [0.1, 0.15) is 18.9 Å². The van der Waals surface area contributed by atoms with Gasteiger partial charge in [-0.05, 0) is 55.3 Å². The third kappa shape index (κ3) is 6.12. The fourth-order valence-electron chi connectivity index (χ4n) is 3.70. The summed E-state index contributed by atoms with van der Waals surface area (Å²) in [5.74, 6) is 0.848. The Morgan fingerprint density at radius 2 is 1.76 bits per heavy atom. The molecule has 2 amide bonds. The molecule has 2 aromatic carbocycles. The van der Waals surface area contributed by atoms with E-state index < -0.39 is 0 Å². The number of ether oxygens (including phenoxy) is 1. The number of nitrogens with one attached hydrogen (secondary N) is 2. The molecule has 6 nitrogen and oxygen atoms in total. The van der Waals surface area contributed by atoms with Crippen LogP contribution in [-0.2, 0) is 6.42 Å². The van der Waals surface area contributed by atoms with Crippen LogP contribution in [-0.4, -0.2) is 57.3 Å². The second-order valence-electron chi connectivity index (χ2n) is 7.32. The van der Waals surface area contributed by atoms with Crippen LogP contribution < -0.4 is 20.3 Å². The molecule has 1 aliphatic rings. The highest BCUT2D eigenvalue weighted by Gasteiger charge is 2.16. The Kier molecular flexibility index (Phi) is 7.76. The number of urea groups is 1. The van der Waals surface area contributed by atoms with E-state index in [2.05, 4.69) is 39.5 Å². The molecule has 0 bridgehead atoms. The number of carbonyl (C=O) groups is 1. The van der Waals surface area contributed by atoms with Crippen LogP contribution in [0.3, 0.4) is 0 Å². The summed E-state index contributed by atoms with van der Waals surface area (Å²) in [5.41, 5.74) is 3.09. The molecule has 0 saturated carbocycles. The molecule has 6 heteroatoms. The lowest BCUT2D eigenvalue weighted by Crippen LogP contribution is -2.46. The molecular formula is C23H32N4O2. The van der Waals surface area contributed by atoms with Gasteiger partial charge in [0.05, 0.1) is 7.11 Å². The minimum absolute atomic E-state index is 0.194. The lowest BCUT2D eigenvalue weighted by atomic mass is 10.1. The van der Waals surface area contributed by atoms with E-state index in [1.165, 1.54) is 18.7 Å². The van der Waals surface area contributed by atoms with Gasteiger partial charge in [0.25, 0.3) is 0 Å². The number of piperazine rings is 1. The first-order valence-corrected chi connectivity index (χ1v) is 10.4. The highest BCUT2D eigenvalue weighted by Crippen LogP contribution is 2.20. The summed E-state index contributed by atoms with van der Waals surface area (Å²) in [5, 5.41) is 5.81. The minimum atomic E-state index is -0.194. The molecule has 0 radical (unpaired) electrons. The standard InChI is InChI=1S/C23H32N4O2/c1-3-14-26-15-17-27(18-16-26)21-10-8-20(9-11-21)25-23(28)24-13-12-19-6-4-5-7-22(19)29-2/h4-11H,3,12-18H2,1-2H3,(H2,24,25,28). The minimum Gasteiger partial charge on any atom is -0.496 e. The lowest BCUT2D eigenvalue weighted by molar-refractivity contribution is 0.252. The average Bonchev–Trinajstić information content (AvgIpc) is 2.75. The number of carbonyl (C=O) groups excluding carboxylic acids is 1. The van der Waals surface area contributed by atoms with Crippen LogP contribution in [0.25, 0.3) is 0 Å². The number of hydrogen-bond donors (Lipinski definition) is 2. The van der Waals surface area contributed by atoms with Crippen molar-refractivity contribution in [3.8, 4) is 5.75 Å². The van der Waals surface area contributed by atoms with Gasteiger partial charge < -0.3 is 20.3 Å². The zero-order valence-corrected chi connectivity index (χ0v) is 17.5. The van der Waals surface area contributed by atoms with E-state index in [0.29, 0.717) is 6.54 Å². The summed E-state index contributed by atoms with van der Waals surface area (Å²) in [6.07, 6.45) is 1.93.